The molecule has 18 heavy (non-hydrogen) atoms. The van der Waals surface area contributed by atoms with Crippen LogP contribution in [-0.4, -0.2) is 26.5 Å². The number of nitrogens with zero attached hydrogens (tertiary/aromatic N) is 3. The van der Waals surface area contributed by atoms with Gasteiger partial charge in [-0.25, -0.2) is 0 Å². The highest BCUT2D eigenvalue weighted by Gasteiger charge is 2.08. The van der Waals surface area contributed by atoms with E-state index in [0.29, 0.717) is 6.04 Å². The molecule has 0 aliphatic heterocycles. The largest absolute Gasteiger partial charge is 0.309 e. The minimum absolute atomic E-state index is 0.336. The zero-order chi connectivity index (χ0) is 13.0. The van der Waals surface area contributed by atoms with Crippen LogP contribution >= 0.6 is 0 Å². The van der Waals surface area contributed by atoms with Crippen molar-refractivity contribution in [2.75, 3.05) is 6.54 Å². The molecule has 98 valence electrons. The van der Waals surface area contributed by atoms with Crippen molar-refractivity contribution in [1.82, 2.24) is 25.3 Å². The van der Waals surface area contributed by atoms with Crippen LogP contribution in [0.1, 0.15) is 36.3 Å². The van der Waals surface area contributed by atoms with E-state index in [-0.39, 0.29) is 0 Å². The van der Waals surface area contributed by atoms with Crippen LogP contribution in [0.5, 0.6) is 0 Å². The molecule has 2 heterocycles. The van der Waals surface area contributed by atoms with E-state index in [1.807, 2.05) is 24.1 Å². The van der Waals surface area contributed by atoms with Gasteiger partial charge >= 0.3 is 0 Å². The van der Waals surface area contributed by atoms with Gasteiger partial charge in [0, 0.05) is 25.0 Å². The van der Waals surface area contributed by atoms with Gasteiger partial charge in [-0.3, -0.25) is 9.78 Å². The first-order valence-electron chi connectivity index (χ1n) is 6.38. The monoisotopic (exact) mass is 247 g/mol. The van der Waals surface area contributed by atoms with E-state index in [1.165, 1.54) is 17.0 Å². The maximum Gasteiger partial charge on any atom is 0.0547 e. The molecule has 0 radical (unpaired) electrons. The third-order valence-corrected chi connectivity index (χ3v) is 3.31. The highest BCUT2D eigenvalue weighted by molar-refractivity contribution is 5.14. The molecule has 0 fully saturated rings. The van der Waals surface area contributed by atoms with Gasteiger partial charge in [0.25, 0.3) is 0 Å². The number of nitrogens with one attached hydrogen (secondary N) is 2. The molecule has 0 aromatic carbocycles. The zero-order valence-electron chi connectivity index (χ0n) is 11.3. The van der Waals surface area contributed by atoms with Crippen molar-refractivity contribution in [2.45, 2.75) is 32.7 Å². The molecule has 2 aromatic heterocycles. The Morgan fingerprint density at radius 3 is 2.94 bits per heavy atom. The maximum atomic E-state index is 4.18. The summed E-state index contributed by atoms with van der Waals surface area (Å²) < 4.78 is 1.91. The van der Waals surface area contributed by atoms with Crippen LogP contribution < -0.4 is 5.32 Å². The van der Waals surface area contributed by atoms with Gasteiger partial charge in [-0.05, 0) is 44.9 Å². The van der Waals surface area contributed by atoms with E-state index in [1.54, 1.807) is 0 Å². The maximum absolute atomic E-state index is 4.18. The lowest BCUT2D eigenvalue weighted by atomic mass is 10.1. The molecule has 0 aliphatic carbocycles. The van der Waals surface area contributed by atoms with Crippen LogP contribution in [0, 0.1) is 6.92 Å². The van der Waals surface area contributed by atoms with Gasteiger partial charge in [-0.15, -0.1) is 0 Å². The summed E-state index contributed by atoms with van der Waals surface area (Å²) in [4.78, 5) is 0. The summed E-state index contributed by atoms with van der Waals surface area (Å²) in [5.74, 6) is 0. The number of H-pyrrole nitrogens is 1. The van der Waals surface area contributed by atoms with E-state index in [9.17, 15) is 0 Å². The third-order valence-electron chi connectivity index (χ3n) is 3.31. The van der Waals surface area contributed by atoms with Crippen molar-refractivity contribution in [3.8, 4) is 0 Å². The Bertz CT molecular complexity index is 485. The van der Waals surface area contributed by atoms with E-state index < -0.39 is 0 Å². The van der Waals surface area contributed by atoms with Crippen molar-refractivity contribution >= 4 is 0 Å². The molecule has 2 rings (SSSR count). The topological polar surface area (TPSA) is 58.5 Å². The second-order valence-corrected chi connectivity index (χ2v) is 4.68. The lowest BCUT2D eigenvalue weighted by Gasteiger charge is -2.13. The normalized spacial score (nSPS) is 12.8. The van der Waals surface area contributed by atoms with Gasteiger partial charge < -0.3 is 5.32 Å². The Labute approximate surface area is 108 Å². The van der Waals surface area contributed by atoms with Gasteiger partial charge in [-0.2, -0.15) is 10.2 Å². The standard InChI is InChI=1S/C13H21N5/c1-10-12(9-15-17-10)5-4-7-14-11(2)13-6-8-16-18(13)3/h6,8-9,11,14H,4-5,7H2,1-3H3,(H,15,17). The van der Waals surface area contributed by atoms with Crippen molar-refractivity contribution in [1.29, 1.82) is 0 Å². The van der Waals surface area contributed by atoms with Crippen LogP contribution in [0.3, 0.4) is 0 Å². The van der Waals surface area contributed by atoms with Gasteiger partial charge in [0.15, 0.2) is 0 Å². The van der Waals surface area contributed by atoms with Crippen LogP contribution in [0.15, 0.2) is 18.5 Å². The Hall–Kier alpha value is -1.62. The van der Waals surface area contributed by atoms with Crippen LogP contribution in [0.4, 0.5) is 0 Å². The zero-order valence-corrected chi connectivity index (χ0v) is 11.3. The molecule has 5 nitrogen and oxygen atoms in total. The number of aryl methyl sites for hydroxylation is 3. The molecular weight excluding hydrogens is 226 g/mol. The summed E-state index contributed by atoms with van der Waals surface area (Å²) in [6.45, 7) is 5.23. The molecular formula is C13H21N5. The lowest BCUT2D eigenvalue weighted by Crippen LogP contribution is -2.22. The molecule has 0 spiro atoms. The SMILES string of the molecule is Cc1[nH]ncc1CCCNC(C)c1ccnn1C. The number of aromatic amines is 1. The van der Waals surface area contributed by atoms with Crippen LogP contribution in [0.25, 0.3) is 0 Å². The minimum atomic E-state index is 0.336. The first kappa shape index (κ1) is 12.8. The van der Waals surface area contributed by atoms with Crippen LogP contribution in [-0.2, 0) is 13.5 Å². The average molecular weight is 247 g/mol. The minimum Gasteiger partial charge on any atom is -0.309 e. The third kappa shape index (κ3) is 2.98. The molecule has 1 atom stereocenters. The molecule has 0 saturated carbocycles. The van der Waals surface area contributed by atoms with E-state index in [0.717, 1.165) is 19.4 Å². The van der Waals surface area contributed by atoms with Crippen molar-refractivity contribution in [3.05, 3.63) is 35.4 Å². The fourth-order valence-corrected chi connectivity index (χ4v) is 2.14. The summed E-state index contributed by atoms with van der Waals surface area (Å²) in [6.07, 6.45) is 5.93. The van der Waals surface area contributed by atoms with E-state index in [4.69, 9.17) is 0 Å². The highest BCUT2D eigenvalue weighted by atomic mass is 15.3. The molecule has 0 saturated heterocycles. The molecule has 2 aromatic rings. The first-order valence-corrected chi connectivity index (χ1v) is 6.38. The fraction of sp³-hybridized carbons (Fsp3) is 0.538. The molecule has 1 unspecified atom stereocenters. The summed E-state index contributed by atoms with van der Waals surface area (Å²) in [6, 6.07) is 2.39. The second-order valence-electron chi connectivity index (χ2n) is 4.68. The average Bonchev–Trinajstić information content (AvgIpc) is 2.94. The summed E-state index contributed by atoms with van der Waals surface area (Å²) in [5, 5.41) is 14.7. The lowest BCUT2D eigenvalue weighted by molar-refractivity contribution is 0.521. The smallest absolute Gasteiger partial charge is 0.0547 e. The number of aromatic nitrogens is 4. The predicted octanol–water partition coefficient (Wildman–Crippen LogP) is 1.74. The molecule has 0 aliphatic rings. The number of rotatable bonds is 6. The summed E-state index contributed by atoms with van der Waals surface area (Å²) >= 11 is 0. The van der Waals surface area contributed by atoms with Gasteiger partial charge in [0.2, 0.25) is 0 Å². The van der Waals surface area contributed by atoms with Gasteiger partial charge in [0.1, 0.15) is 0 Å². The fourth-order valence-electron chi connectivity index (χ4n) is 2.14. The van der Waals surface area contributed by atoms with E-state index >= 15 is 0 Å². The van der Waals surface area contributed by atoms with Crippen molar-refractivity contribution in [2.24, 2.45) is 7.05 Å². The molecule has 0 bridgehead atoms. The van der Waals surface area contributed by atoms with Crippen LogP contribution in [0.2, 0.25) is 0 Å². The predicted molar refractivity (Wildman–Crippen MR) is 71.3 cm³/mol. The summed E-state index contributed by atoms with van der Waals surface area (Å²) in [5.41, 5.74) is 3.70. The molecule has 5 heteroatoms. The van der Waals surface area contributed by atoms with Gasteiger partial charge in [-0.1, -0.05) is 0 Å². The molecule has 0 amide bonds. The Kier molecular flexibility index (Phi) is 4.15. The van der Waals surface area contributed by atoms with Gasteiger partial charge in [0.05, 0.1) is 11.9 Å². The van der Waals surface area contributed by atoms with Crippen molar-refractivity contribution < 1.29 is 0 Å². The summed E-state index contributed by atoms with van der Waals surface area (Å²) in [7, 11) is 1.97. The highest BCUT2D eigenvalue weighted by Crippen LogP contribution is 2.10. The first-order chi connectivity index (χ1) is 8.68. The van der Waals surface area contributed by atoms with Crippen molar-refractivity contribution in [3.63, 3.8) is 0 Å². The number of hydrogen-bond acceptors (Lipinski definition) is 3. The number of hydrogen-bond donors (Lipinski definition) is 2. The quantitative estimate of drug-likeness (QED) is 0.764. The Morgan fingerprint density at radius 1 is 1.50 bits per heavy atom. The molecule has 2 N–H and O–H groups in total. The Morgan fingerprint density at radius 2 is 2.33 bits per heavy atom. The van der Waals surface area contributed by atoms with E-state index in [2.05, 4.69) is 40.5 Å². The Balaban J connectivity index is 1.73. The second kappa shape index (κ2) is 5.82.